The lowest BCUT2D eigenvalue weighted by atomic mass is 9.87. The van der Waals surface area contributed by atoms with E-state index in [1.165, 1.54) is 22.4 Å². The SMILES string of the molecule is CCN1C[C@H]2CN(C(=O)CCc3c(C)nn(C)c3C)[C@@H](c3ccccc3C)[C@H]2C1. The van der Waals surface area contributed by atoms with Crippen LogP contribution >= 0.6 is 0 Å². The van der Waals surface area contributed by atoms with Crippen LogP contribution in [0, 0.1) is 32.6 Å². The summed E-state index contributed by atoms with van der Waals surface area (Å²) in [7, 11) is 1.98. The van der Waals surface area contributed by atoms with E-state index in [-0.39, 0.29) is 6.04 Å². The van der Waals surface area contributed by atoms with Crippen molar-refractivity contribution < 1.29 is 4.79 Å². The molecular formula is C24H34N4O. The van der Waals surface area contributed by atoms with Crippen molar-refractivity contribution in [2.45, 2.75) is 46.6 Å². The van der Waals surface area contributed by atoms with Crippen molar-refractivity contribution in [2.24, 2.45) is 18.9 Å². The molecule has 156 valence electrons. The molecule has 4 rings (SSSR count). The van der Waals surface area contributed by atoms with E-state index in [1.54, 1.807) is 0 Å². The molecule has 0 N–H and O–H groups in total. The Morgan fingerprint density at radius 2 is 1.90 bits per heavy atom. The summed E-state index contributed by atoms with van der Waals surface area (Å²) in [6.07, 6.45) is 1.34. The number of aryl methyl sites for hydroxylation is 3. The van der Waals surface area contributed by atoms with Gasteiger partial charge < -0.3 is 9.80 Å². The highest BCUT2D eigenvalue weighted by Gasteiger charge is 2.48. The molecule has 0 aliphatic carbocycles. The molecule has 1 aromatic heterocycles. The Kier molecular flexibility index (Phi) is 5.52. The molecule has 2 saturated heterocycles. The molecule has 0 radical (unpaired) electrons. The minimum Gasteiger partial charge on any atom is -0.335 e. The lowest BCUT2D eigenvalue weighted by molar-refractivity contribution is -0.132. The average Bonchev–Trinajstić information content (AvgIpc) is 3.32. The second-order valence-corrected chi connectivity index (χ2v) is 8.90. The summed E-state index contributed by atoms with van der Waals surface area (Å²) in [6.45, 7) is 12.8. The van der Waals surface area contributed by atoms with Crippen molar-refractivity contribution in [1.29, 1.82) is 0 Å². The van der Waals surface area contributed by atoms with Gasteiger partial charge in [0.15, 0.2) is 0 Å². The number of amides is 1. The molecular weight excluding hydrogens is 360 g/mol. The van der Waals surface area contributed by atoms with Crippen LogP contribution in [0.2, 0.25) is 0 Å². The molecule has 3 heterocycles. The number of hydrogen-bond donors (Lipinski definition) is 0. The van der Waals surface area contributed by atoms with Crippen LogP contribution in [0.3, 0.4) is 0 Å². The molecule has 1 aromatic carbocycles. The second-order valence-electron chi connectivity index (χ2n) is 8.90. The van der Waals surface area contributed by atoms with Crippen LogP contribution in [-0.4, -0.2) is 51.7 Å². The molecule has 0 unspecified atom stereocenters. The summed E-state index contributed by atoms with van der Waals surface area (Å²) in [5.41, 5.74) is 6.07. The van der Waals surface area contributed by atoms with Crippen LogP contribution in [0.25, 0.3) is 0 Å². The number of nitrogens with zero attached hydrogens (tertiary/aromatic N) is 4. The van der Waals surface area contributed by atoms with E-state index in [9.17, 15) is 4.79 Å². The van der Waals surface area contributed by atoms with Gasteiger partial charge in [0.2, 0.25) is 5.91 Å². The van der Waals surface area contributed by atoms with Gasteiger partial charge in [-0.25, -0.2) is 0 Å². The highest BCUT2D eigenvalue weighted by molar-refractivity contribution is 5.77. The molecule has 5 heteroatoms. The van der Waals surface area contributed by atoms with Gasteiger partial charge in [0, 0.05) is 44.7 Å². The molecule has 2 fully saturated rings. The third kappa shape index (κ3) is 3.61. The van der Waals surface area contributed by atoms with E-state index in [0.29, 0.717) is 24.2 Å². The number of carbonyl (C=O) groups excluding carboxylic acids is 1. The average molecular weight is 395 g/mol. The first-order chi connectivity index (χ1) is 13.9. The summed E-state index contributed by atoms with van der Waals surface area (Å²) in [4.78, 5) is 18.2. The maximum absolute atomic E-state index is 13.4. The van der Waals surface area contributed by atoms with E-state index in [2.05, 4.69) is 59.9 Å². The number of aromatic nitrogens is 2. The number of rotatable bonds is 5. The normalized spacial score (nSPS) is 24.3. The predicted molar refractivity (Wildman–Crippen MR) is 116 cm³/mol. The summed E-state index contributed by atoms with van der Waals surface area (Å²) in [5.74, 6) is 1.42. The summed E-state index contributed by atoms with van der Waals surface area (Å²) < 4.78 is 1.92. The lowest BCUT2D eigenvalue weighted by Crippen LogP contribution is -2.36. The van der Waals surface area contributed by atoms with Crippen LogP contribution in [-0.2, 0) is 18.3 Å². The van der Waals surface area contributed by atoms with Crippen LogP contribution in [0.4, 0.5) is 0 Å². The first kappa shape index (κ1) is 20.1. The molecule has 0 saturated carbocycles. The predicted octanol–water partition coefficient (Wildman–Crippen LogP) is 3.43. The van der Waals surface area contributed by atoms with Crippen molar-refractivity contribution in [3.8, 4) is 0 Å². The zero-order chi connectivity index (χ0) is 20.7. The number of benzene rings is 1. The molecule has 2 aliphatic rings. The molecule has 2 aromatic rings. The summed E-state index contributed by atoms with van der Waals surface area (Å²) in [5, 5.41) is 4.51. The van der Waals surface area contributed by atoms with E-state index < -0.39 is 0 Å². The monoisotopic (exact) mass is 394 g/mol. The Morgan fingerprint density at radius 3 is 2.55 bits per heavy atom. The van der Waals surface area contributed by atoms with Gasteiger partial charge >= 0.3 is 0 Å². The molecule has 29 heavy (non-hydrogen) atoms. The van der Waals surface area contributed by atoms with Crippen LogP contribution in [0.15, 0.2) is 24.3 Å². The zero-order valence-corrected chi connectivity index (χ0v) is 18.5. The van der Waals surface area contributed by atoms with E-state index >= 15 is 0 Å². The van der Waals surface area contributed by atoms with E-state index in [0.717, 1.165) is 38.3 Å². The van der Waals surface area contributed by atoms with Gasteiger partial charge in [-0.2, -0.15) is 5.10 Å². The Labute approximate surface area is 174 Å². The number of fused-ring (bicyclic) bond motifs is 1. The van der Waals surface area contributed by atoms with Gasteiger partial charge in [0.25, 0.3) is 0 Å². The summed E-state index contributed by atoms with van der Waals surface area (Å²) in [6, 6.07) is 8.83. The highest BCUT2D eigenvalue weighted by atomic mass is 16.2. The third-order valence-electron chi connectivity index (χ3n) is 7.26. The van der Waals surface area contributed by atoms with Gasteiger partial charge in [-0.15, -0.1) is 0 Å². The van der Waals surface area contributed by atoms with Crippen LogP contribution < -0.4 is 0 Å². The lowest BCUT2D eigenvalue weighted by Gasteiger charge is -2.31. The third-order valence-corrected chi connectivity index (χ3v) is 7.26. The summed E-state index contributed by atoms with van der Waals surface area (Å²) >= 11 is 0. The van der Waals surface area contributed by atoms with Gasteiger partial charge in [0.1, 0.15) is 0 Å². The quantitative estimate of drug-likeness (QED) is 0.780. The van der Waals surface area contributed by atoms with Gasteiger partial charge in [0.05, 0.1) is 11.7 Å². The topological polar surface area (TPSA) is 41.4 Å². The van der Waals surface area contributed by atoms with Crippen molar-refractivity contribution in [2.75, 3.05) is 26.2 Å². The van der Waals surface area contributed by atoms with Crippen LogP contribution in [0.1, 0.15) is 47.5 Å². The number of likely N-dealkylation sites (tertiary alicyclic amines) is 2. The van der Waals surface area contributed by atoms with Gasteiger partial charge in [-0.3, -0.25) is 9.48 Å². The minimum absolute atomic E-state index is 0.210. The van der Waals surface area contributed by atoms with E-state index in [1.807, 2.05) is 18.7 Å². The van der Waals surface area contributed by atoms with Crippen LogP contribution in [0.5, 0.6) is 0 Å². The first-order valence-corrected chi connectivity index (χ1v) is 11.0. The Morgan fingerprint density at radius 1 is 1.14 bits per heavy atom. The number of hydrogen-bond acceptors (Lipinski definition) is 3. The fraction of sp³-hybridized carbons (Fsp3) is 0.583. The molecule has 1 amide bonds. The largest absolute Gasteiger partial charge is 0.335 e. The molecule has 0 spiro atoms. The maximum atomic E-state index is 13.4. The van der Waals surface area contributed by atoms with Crippen molar-refractivity contribution >= 4 is 5.91 Å². The van der Waals surface area contributed by atoms with Crippen molar-refractivity contribution in [3.05, 3.63) is 52.3 Å². The maximum Gasteiger partial charge on any atom is 0.223 e. The minimum atomic E-state index is 0.210. The number of carbonyl (C=O) groups is 1. The fourth-order valence-electron chi connectivity index (χ4n) is 5.52. The first-order valence-electron chi connectivity index (χ1n) is 11.0. The molecule has 0 bridgehead atoms. The molecule has 5 nitrogen and oxygen atoms in total. The smallest absolute Gasteiger partial charge is 0.223 e. The fourth-order valence-corrected chi connectivity index (χ4v) is 5.52. The Bertz CT molecular complexity index is 902. The van der Waals surface area contributed by atoms with Crippen molar-refractivity contribution in [1.82, 2.24) is 19.6 Å². The standard InChI is InChI=1S/C24H34N4O/c1-6-27-13-19-14-28(23(29)12-11-21-17(3)25-26(5)18(21)4)24(22(19)15-27)20-10-8-7-9-16(20)2/h7-10,19,22,24H,6,11-15H2,1-5H3/t19-,22-,24-/m0/s1. The Balaban J connectivity index is 1.56. The molecule has 3 atom stereocenters. The second kappa shape index (κ2) is 7.94. The highest BCUT2D eigenvalue weighted by Crippen LogP contribution is 2.46. The van der Waals surface area contributed by atoms with Crippen molar-refractivity contribution in [3.63, 3.8) is 0 Å². The van der Waals surface area contributed by atoms with E-state index in [4.69, 9.17) is 0 Å². The zero-order valence-electron chi connectivity index (χ0n) is 18.5. The molecule has 2 aliphatic heterocycles. The van der Waals surface area contributed by atoms with Gasteiger partial charge in [-0.1, -0.05) is 31.2 Å². The van der Waals surface area contributed by atoms with Gasteiger partial charge in [-0.05, 0) is 56.3 Å². The Hall–Kier alpha value is -2.14.